The number of carboxylic acid groups (broad SMARTS) is 1. The zero-order valence-electron chi connectivity index (χ0n) is 6.48. The maximum Gasteiger partial charge on any atom is 0.325 e. The van der Waals surface area contributed by atoms with Crippen LogP contribution in [0.5, 0.6) is 0 Å². The molecule has 0 radical (unpaired) electrons. The van der Waals surface area contributed by atoms with Crippen molar-refractivity contribution in [3.05, 3.63) is 29.0 Å². The van der Waals surface area contributed by atoms with E-state index in [1.807, 2.05) is 0 Å². The fourth-order valence-corrected chi connectivity index (χ4v) is 0.826. The molecule has 0 aliphatic carbocycles. The quantitative estimate of drug-likeness (QED) is 0.739. The number of nitrogens with two attached hydrogens (primary N) is 1. The Morgan fingerprint density at radius 2 is 2.23 bits per heavy atom. The van der Waals surface area contributed by atoms with Crippen LogP contribution in [0.1, 0.15) is 11.6 Å². The Hall–Kier alpha value is -0.840. The predicted molar refractivity (Wildman–Crippen MR) is 51.1 cm³/mol. The first-order valence-electron chi connectivity index (χ1n) is 3.21. The van der Waals surface area contributed by atoms with Crippen LogP contribution in [-0.2, 0) is 4.79 Å². The van der Waals surface area contributed by atoms with Crippen LogP contribution in [0.15, 0.2) is 18.3 Å². The van der Waals surface area contributed by atoms with Gasteiger partial charge in [0.1, 0.15) is 11.2 Å². The molecular weight excluding hydrogens is 215 g/mol. The standard InChI is InChI=1S/C7H7ClN2O2.ClH/c8-5-2-1-4(3-10-5)6(9)7(11)12;/h1-3,6H,9H2,(H,11,12);1H. The Morgan fingerprint density at radius 3 is 2.62 bits per heavy atom. The van der Waals surface area contributed by atoms with Crippen molar-refractivity contribution in [1.82, 2.24) is 4.98 Å². The first-order chi connectivity index (χ1) is 5.61. The molecule has 1 aromatic rings. The molecule has 0 aliphatic heterocycles. The Kier molecular flexibility index (Phi) is 4.69. The van der Waals surface area contributed by atoms with Gasteiger partial charge in [-0.15, -0.1) is 12.4 Å². The molecule has 1 atom stereocenters. The van der Waals surface area contributed by atoms with Gasteiger partial charge >= 0.3 is 5.97 Å². The Morgan fingerprint density at radius 1 is 1.62 bits per heavy atom. The summed E-state index contributed by atoms with van der Waals surface area (Å²) in [6.45, 7) is 0. The van der Waals surface area contributed by atoms with Crippen LogP contribution < -0.4 is 5.73 Å². The highest BCUT2D eigenvalue weighted by molar-refractivity contribution is 6.29. The second-order valence-corrected chi connectivity index (χ2v) is 2.62. The maximum absolute atomic E-state index is 10.4. The minimum atomic E-state index is -1.08. The molecule has 0 spiro atoms. The lowest BCUT2D eigenvalue weighted by Crippen LogP contribution is -2.20. The van der Waals surface area contributed by atoms with Gasteiger partial charge in [-0.1, -0.05) is 17.7 Å². The van der Waals surface area contributed by atoms with Crippen molar-refractivity contribution < 1.29 is 9.90 Å². The Bertz CT molecular complexity index is 289. The fourth-order valence-electron chi connectivity index (χ4n) is 0.714. The number of pyridine rings is 1. The summed E-state index contributed by atoms with van der Waals surface area (Å²) in [6.07, 6.45) is 1.35. The molecule has 72 valence electrons. The zero-order valence-corrected chi connectivity index (χ0v) is 8.05. The number of carbonyl (C=O) groups is 1. The molecule has 1 rings (SSSR count). The Balaban J connectivity index is 0.00000144. The summed E-state index contributed by atoms with van der Waals surface area (Å²) in [5, 5.41) is 8.84. The molecule has 1 unspecified atom stereocenters. The van der Waals surface area contributed by atoms with Crippen LogP contribution in [0.3, 0.4) is 0 Å². The fraction of sp³-hybridized carbons (Fsp3) is 0.143. The third-order valence-corrected chi connectivity index (χ3v) is 1.60. The van der Waals surface area contributed by atoms with Crippen molar-refractivity contribution in [3.63, 3.8) is 0 Å². The molecule has 0 saturated heterocycles. The van der Waals surface area contributed by atoms with E-state index in [9.17, 15) is 4.79 Å². The number of aromatic nitrogens is 1. The highest BCUT2D eigenvalue weighted by Gasteiger charge is 2.13. The van der Waals surface area contributed by atoms with E-state index in [0.717, 1.165) is 0 Å². The molecule has 0 fully saturated rings. The number of hydrogen-bond donors (Lipinski definition) is 2. The van der Waals surface area contributed by atoms with Gasteiger partial charge in [-0.05, 0) is 11.6 Å². The van der Waals surface area contributed by atoms with Gasteiger partial charge in [0.05, 0.1) is 0 Å². The van der Waals surface area contributed by atoms with Crippen molar-refractivity contribution in [2.24, 2.45) is 5.73 Å². The van der Waals surface area contributed by atoms with Gasteiger partial charge in [0.15, 0.2) is 0 Å². The third-order valence-electron chi connectivity index (χ3n) is 1.38. The number of carboxylic acids is 1. The number of hydrogen-bond acceptors (Lipinski definition) is 3. The van der Waals surface area contributed by atoms with Gasteiger partial charge in [0, 0.05) is 6.20 Å². The highest BCUT2D eigenvalue weighted by Crippen LogP contribution is 2.11. The van der Waals surface area contributed by atoms with Gasteiger partial charge in [-0.3, -0.25) is 4.79 Å². The van der Waals surface area contributed by atoms with Crippen molar-refractivity contribution in [2.75, 3.05) is 0 Å². The van der Waals surface area contributed by atoms with Gasteiger partial charge in [0.25, 0.3) is 0 Å². The van der Waals surface area contributed by atoms with Gasteiger partial charge in [-0.25, -0.2) is 4.98 Å². The van der Waals surface area contributed by atoms with Crippen molar-refractivity contribution in [2.45, 2.75) is 6.04 Å². The maximum atomic E-state index is 10.4. The predicted octanol–water partition coefficient (Wildman–Crippen LogP) is 1.24. The zero-order chi connectivity index (χ0) is 9.14. The third kappa shape index (κ3) is 3.18. The summed E-state index contributed by atoms with van der Waals surface area (Å²) in [5.41, 5.74) is 5.74. The minimum absolute atomic E-state index is 0. The summed E-state index contributed by atoms with van der Waals surface area (Å²) in [5.74, 6) is -1.08. The molecule has 0 bridgehead atoms. The minimum Gasteiger partial charge on any atom is -0.480 e. The molecule has 6 heteroatoms. The molecule has 0 aromatic carbocycles. The molecule has 0 saturated carbocycles. The van der Waals surface area contributed by atoms with Crippen molar-refractivity contribution in [1.29, 1.82) is 0 Å². The summed E-state index contributed by atoms with van der Waals surface area (Å²) >= 11 is 5.50. The number of aliphatic carboxylic acids is 1. The smallest absolute Gasteiger partial charge is 0.325 e. The van der Waals surface area contributed by atoms with Gasteiger partial charge in [-0.2, -0.15) is 0 Å². The summed E-state index contributed by atoms with van der Waals surface area (Å²) < 4.78 is 0. The second kappa shape index (κ2) is 5.01. The summed E-state index contributed by atoms with van der Waals surface area (Å²) in [7, 11) is 0. The molecule has 3 N–H and O–H groups in total. The van der Waals surface area contributed by atoms with Crippen molar-refractivity contribution >= 4 is 30.0 Å². The van der Waals surface area contributed by atoms with Crippen LogP contribution in [0.4, 0.5) is 0 Å². The lowest BCUT2D eigenvalue weighted by Gasteiger charge is -2.04. The molecule has 4 nitrogen and oxygen atoms in total. The van der Waals surface area contributed by atoms with Crippen LogP contribution in [0, 0.1) is 0 Å². The lowest BCUT2D eigenvalue weighted by molar-refractivity contribution is -0.138. The van der Waals surface area contributed by atoms with E-state index in [1.54, 1.807) is 0 Å². The first kappa shape index (κ1) is 12.2. The van der Waals surface area contributed by atoms with E-state index in [1.165, 1.54) is 18.3 Å². The summed E-state index contributed by atoms with van der Waals surface area (Å²) in [4.78, 5) is 14.1. The van der Waals surface area contributed by atoms with E-state index in [-0.39, 0.29) is 12.4 Å². The largest absolute Gasteiger partial charge is 0.480 e. The van der Waals surface area contributed by atoms with E-state index in [4.69, 9.17) is 22.4 Å². The van der Waals surface area contributed by atoms with Crippen LogP contribution in [0.25, 0.3) is 0 Å². The topological polar surface area (TPSA) is 76.2 Å². The van der Waals surface area contributed by atoms with Gasteiger partial charge in [0.2, 0.25) is 0 Å². The van der Waals surface area contributed by atoms with E-state index in [2.05, 4.69) is 4.98 Å². The normalized spacial score (nSPS) is 11.5. The van der Waals surface area contributed by atoms with Crippen molar-refractivity contribution in [3.8, 4) is 0 Å². The molecule has 13 heavy (non-hydrogen) atoms. The Labute approximate surface area is 86.1 Å². The summed E-state index contributed by atoms with van der Waals surface area (Å²) in [6, 6.07) is 2.00. The van der Waals surface area contributed by atoms with E-state index < -0.39 is 12.0 Å². The number of rotatable bonds is 2. The van der Waals surface area contributed by atoms with Crippen LogP contribution in [0.2, 0.25) is 5.15 Å². The molecule has 0 amide bonds. The average molecular weight is 223 g/mol. The SMILES string of the molecule is Cl.NC(C(=O)O)c1ccc(Cl)nc1. The van der Waals surface area contributed by atoms with Crippen LogP contribution in [-0.4, -0.2) is 16.1 Å². The van der Waals surface area contributed by atoms with Crippen LogP contribution >= 0.6 is 24.0 Å². The number of nitrogens with zero attached hydrogens (tertiary/aromatic N) is 1. The second-order valence-electron chi connectivity index (χ2n) is 2.23. The van der Waals surface area contributed by atoms with E-state index >= 15 is 0 Å². The number of halogens is 2. The lowest BCUT2D eigenvalue weighted by atomic mass is 10.1. The van der Waals surface area contributed by atoms with Gasteiger partial charge < -0.3 is 10.8 Å². The first-order valence-corrected chi connectivity index (χ1v) is 3.59. The highest BCUT2D eigenvalue weighted by atomic mass is 35.5. The van der Waals surface area contributed by atoms with E-state index in [0.29, 0.717) is 10.7 Å². The monoisotopic (exact) mass is 222 g/mol. The molecule has 1 heterocycles. The molecular formula is C7H8Cl2N2O2. The average Bonchev–Trinajstić information content (AvgIpc) is 2.04. The molecule has 0 aliphatic rings. The molecule has 1 aromatic heterocycles.